The Hall–Kier alpha value is -1.64. The molecule has 1 saturated carbocycles. The molecule has 124 valence electrons. The molecule has 0 radical (unpaired) electrons. The summed E-state index contributed by atoms with van der Waals surface area (Å²) in [5, 5.41) is 10.9. The third-order valence-corrected chi connectivity index (χ3v) is 3.92. The molecule has 7 heteroatoms. The third-order valence-electron chi connectivity index (χ3n) is 3.92. The zero-order chi connectivity index (χ0) is 15.4. The lowest BCUT2D eigenvalue weighted by atomic mass is 10.1. The number of benzene rings is 1. The molecule has 2 unspecified atom stereocenters. The molecule has 0 aliphatic heterocycles. The van der Waals surface area contributed by atoms with Gasteiger partial charge in [0.15, 0.2) is 5.96 Å². The molecule has 2 atom stereocenters. The standard InChI is InChI=1S/C16H22N6.HI/c1-12-6-15(12)21-16(17-2)19-8-13-4-3-5-14(7-13)9-22-11-18-10-20-22;/h3-5,7,10-12,15H,6,8-9H2,1-2H3,(H2,17,19,21);1H. The van der Waals surface area contributed by atoms with Crippen LogP contribution in [0.15, 0.2) is 41.9 Å². The summed E-state index contributed by atoms with van der Waals surface area (Å²) in [6, 6.07) is 9.05. The third kappa shape index (κ3) is 5.19. The van der Waals surface area contributed by atoms with Gasteiger partial charge < -0.3 is 10.6 Å². The van der Waals surface area contributed by atoms with Gasteiger partial charge in [0.25, 0.3) is 0 Å². The minimum absolute atomic E-state index is 0. The Morgan fingerprint density at radius 2 is 2.17 bits per heavy atom. The molecule has 1 aliphatic rings. The first kappa shape index (κ1) is 17.7. The predicted octanol–water partition coefficient (Wildman–Crippen LogP) is 2.02. The minimum atomic E-state index is 0. The highest BCUT2D eigenvalue weighted by Gasteiger charge is 2.33. The van der Waals surface area contributed by atoms with Crippen LogP contribution in [0.2, 0.25) is 0 Å². The first-order valence-corrected chi connectivity index (χ1v) is 7.62. The van der Waals surface area contributed by atoms with Crippen molar-refractivity contribution in [1.29, 1.82) is 0 Å². The molecule has 1 aliphatic carbocycles. The Labute approximate surface area is 153 Å². The number of guanidine groups is 1. The number of halogens is 1. The van der Waals surface area contributed by atoms with Crippen LogP contribution >= 0.6 is 24.0 Å². The fourth-order valence-electron chi connectivity index (χ4n) is 2.42. The van der Waals surface area contributed by atoms with Crippen molar-refractivity contribution < 1.29 is 0 Å². The van der Waals surface area contributed by atoms with Crippen molar-refractivity contribution in [2.45, 2.75) is 32.5 Å². The average molecular weight is 426 g/mol. The van der Waals surface area contributed by atoms with Crippen molar-refractivity contribution in [2.24, 2.45) is 10.9 Å². The molecule has 0 amide bonds. The molecule has 3 rings (SSSR count). The quantitative estimate of drug-likeness (QED) is 0.436. The summed E-state index contributed by atoms with van der Waals surface area (Å²) in [4.78, 5) is 8.24. The minimum Gasteiger partial charge on any atom is -0.353 e. The number of rotatable bonds is 5. The van der Waals surface area contributed by atoms with Gasteiger partial charge in [-0.25, -0.2) is 9.67 Å². The lowest BCUT2D eigenvalue weighted by Gasteiger charge is -2.12. The molecular formula is C16H23IN6. The van der Waals surface area contributed by atoms with Crippen molar-refractivity contribution >= 4 is 29.9 Å². The van der Waals surface area contributed by atoms with E-state index in [4.69, 9.17) is 0 Å². The summed E-state index contributed by atoms with van der Waals surface area (Å²) in [5.74, 6) is 1.63. The summed E-state index contributed by atoms with van der Waals surface area (Å²) in [6.07, 6.45) is 4.52. The van der Waals surface area contributed by atoms with Gasteiger partial charge in [-0.3, -0.25) is 4.99 Å². The van der Waals surface area contributed by atoms with Crippen LogP contribution in [-0.4, -0.2) is 33.8 Å². The fourth-order valence-corrected chi connectivity index (χ4v) is 2.42. The number of hydrogen-bond donors (Lipinski definition) is 2. The largest absolute Gasteiger partial charge is 0.353 e. The van der Waals surface area contributed by atoms with Gasteiger partial charge in [-0.1, -0.05) is 31.2 Å². The van der Waals surface area contributed by atoms with Crippen molar-refractivity contribution in [3.8, 4) is 0 Å². The smallest absolute Gasteiger partial charge is 0.191 e. The van der Waals surface area contributed by atoms with Crippen LogP contribution in [0.25, 0.3) is 0 Å². The maximum absolute atomic E-state index is 4.27. The summed E-state index contributed by atoms with van der Waals surface area (Å²) in [7, 11) is 1.81. The Bertz CT molecular complexity index is 640. The normalized spacial score (nSPS) is 19.8. The van der Waals surface area contributed by atoms with Gasteiger partial charge >= 0.3 is 0 Å². The summed E-state index contributed by atoms with van der Waals surface area (Å²) < 4.78 is 1.82. The zero-order valence-corrected chi connectivity index (χ0v) is 15.8. The Balaban J connectivity index is 0.00000192. The van der Waals surface area contributed by atoms with Gasteiger partial charge in [0.1, 0.15) is 12.7 Å². The van der Waals surface area contributed by atoms with Crippen LogP contribution in [0.4, 0.5) is 0 Å². The van der Waals surface area contributed by atoms with E-state index < -0.39 is 0 Å². The van der Waals surface area contributed by atoms with E-state index in [1.54, 1.807) is 12.7 Å². The molecule has 1 fully saturated rings. The van der Waals surface area contributed by atoms with E-state index in [0.29, 0.717) is 6.04 Å². The first-order valence-electron chi connectivity index (χ1n) is 7.62. The summed E-state index contributed by atoms with van der Waals surface area (Å²) in [6.45, 7) is 3.74. The van der Waals surface area contributed by atoms with Crippen molar-refractivity contribution in [2.75, 3.05) is 7.05 Å². The molecule has 0 bridgehead atoms. The van der Waals surface area contributed by atoms with Gasteiger partial charge in [-0.15, -0.1) is 24.0 Å². The SMILES string of the molecule is CN=C(NCc1cccc(Cn2cncn2)c1)NC1CC1C.I. The zero-order valence-electron chi connectivity index (χ0n) is 13.4. The number of nitrogens with one attached hydrogen (secondary N) is 2. The summed E-state index contributed by atoms with van der Waals surface area (Å²) >= 11 is 0. The first-order chi connectivity index (χ1) is 10.7. The van der Waals surface area contributed by atoms with Crippen LogP contribution in [0.5, 0.6) is 0 Å². The van der Waals surface area contributed by atoms with Gasteiger partial charge in [0.2, 0.25) is 0 Å². The van der Waals surface area contributed by atoms with Crippen LogP contribution < -0.4 is 10.6 Å². The van der Waals surface area contributed by atoms with Gasteiger partial charge in [0, 0.05) is 19.6 Å². The maximum Gasteiger partial charge on any atom is 0.191 e. The topological polar surface area (TPSA) is 67.1 Å². The van der Waals surface area contributed by atoms with E-state index in [0.717, 1.165) is 25.0 Å². The molecule has 23 heavy (non-hydrogen) atoms. The molecule has 2 N–H and O–H groups in total. The Morgan fingerprint density at radius 1 is 1.39 bits per heavy atom. The molecule has 0 saturated heterocycles. The summed E-state index contributed by atoms with van der Waals surface area (Å²) in [5.41, 5.74) is 2.44. The van der Waals surface area contributed by atoms with Gasteiger partial charge in [0.05, 0.1) is 6.54 Å². The molecule has 1 aromatic carbocycles. The van der Waals surface area contributed by atoms with Crippen LogP contribution in [-0.2, 0) is 13.1 Å². The van der Waals surface area contributed by atoms with E-state index in [1.165, 1.54) is 17.5 Å². The second-order valence-electron chi connectivity index (χ2n) is 5.80. The monoisotopic (exact) mass is 426 g/mol. The van der Waals surface area contributed by atoms with Crippen LogP contribution in [0.1, 0.15) is 24.5 Å². The van der Waals surface area contributed by atoms with Gasteiger partial charge in [-0.2, -0.15) is 5.10 Å². The van der Waals surface area contributed by atoms with Crippen molar-refractivity contribution in [3.05, 3.63) is 48.0 Å². The molecule has 6 nitrogen and oxygen atoms in total. The molecule has 1 heterocycles. The highest BCUT2D eigenvalue weighted by Crippen LogP contribution is 2.28. The number of nitrogens with zero attached hydrogens (tertiary/aromatic N) is 4. The second-order valence-corrected chi connectivity index (χ2v) is 5.80. The lowest BCUT2D eigenvalue weighted by Crippen LogP contribution is -2.38. The van der Waals surface area contributed by atoms with E-state index >= 15 is 0 Å². The van der Waals surface area contributed by atoms with Crippen molar-refractivity contribution in [3.63, 3.8) is 0 Å². The molecular weight excluding hydrogens is 403 g/mol. The number of hydrogen-bond acceptors (Lipinski definition) is 3. The Kier molecular flexibility index (Phi) is 6.37. The Morgan fingerprint density at radius 3 is 2.83 bits per heavy atom. The fraction of sp³-hybridized carbons (Fsp3) is 0.438. The van der Waals surface area contributed by atoms with E-state index in [9.17, 15) is 0 Å². The van der Waals surface area contributed by atoms with E-state index in [-0.39, 0.29) is 24.0 Å². The van der Waals surface area contributed by atoms with Crippen LogP contribution in [0.3, 0.4) is 0 Å². The molecule has 0 spiro atoms. The van der Waals surface area contributed by atoms with E-state index in [1.807, 2.05) is 11.7 Å². The predicted molar refractivity (Wildman–Crippen MR) is 102 cm³/mol. The highest BCUT2D eigenvalue weighted by molar-refractivity contribution is 14.0. The van der Waals surface area contributed by atoms with Crippen LogP contribution in [0, 0.1) is 5.92 Å². The number of aromatic nitrogens is 3. The molecule has 2 aromatic rings. The second kappa shape index (κ2) is 8.28. The van der Waals surface area contributed by atoms with E-state index in [2.05, 4.69) is 56.9 Å². The van der Waals surface area contributed by atoms with Gasteiger partial charge in [-0.05, 0) is 23.5 Å². The average Bonchev–Trinajstić information content (AvgIpc) is 2.99. The van der Waals surface area contributed by atoms with Crippen molar-refractivity contribution in [1.82, 2.24) is 25.4 Å². The lowest BCUT2D eigenvalue weighted by molar-refractivity contribution is 0.683. The number of aliphatic imine (C=N–C) groups is 1. The highest BCUT2D eigenvalue weighted by atomic mass is 127. The maximum atomic E-state index is 4.27. The molecule has 1 aromatic heterocycles.